The molecule has 1 heterocycles. The van der Waals surface area contributed by atoms with Gasteiger partial charge in [-0.2, -0.15) is 4.57 Å². The van der Waals surface area contributed by atoms with Crippen molar-refractivity contribution in [2.45, 2.75) is 19.8 Å². The van der Waals surface area contributed by atoms with Crippen molar-refractivity contribution < 1.29 is 14.1 Å². The van der Waals surface area contributed by atoms with Crippen LogP contribution in [-0.4, -0.2) is 12.6 Å². The molecule has 0 atom stereocenters. The number of halogens is 1. The topological polar surface area (TPSA) is 30.2 Å². The van der Waals surface area contributed by atoms with Gasteiger partial charge in [0.25, 0.3) is 5.15 Å². The predicted octanol–water partition coefficient (Wildman–Crippen LogP) is 2.12. The molecule has 0 saturated carbocycles. The lowest BCUT2D eigenvalue weighted by Crippen LogP contribution is -2.30. The van der Waals surface area contributed by atoms with Crippen molar-refractivity contribution in [2.75, 3.05) is 6.61 Å². The molecule has 3 nitrogen and oxygen atoms in total. The average Bonchev–Trinajstić information content (AvgIpc) is 2.22. The molecular weight excluding hydrogens is 214 g/mol. The van der Waals surface area contributed by atoms with Crippen molar-refractivity contribution in [1.82, 2.24) is 0 Å². The molecule has 0 aromatic carbocycles. The van der Waals surface area contributed by atoms with Crippen molar-refractivity contribution in [2.24, 2.45) is 7.05 Å². The van der Waals surface area contributed by atoms with Crippen LogP contribution in [0.4, 0.5) is 0 Å². The van der Waals surface area contributed by atoms with Crippen LogP contribution >= 0.6 is 11.6 Å². The third-order valence-corrected chi connectivity index (χ3v) is 2.53. The minimum absolute atomic E-state index is 0.357. The summed E-state index contributed by atoms with van der Waals surface area (Å²) in [6.45, 7) is 2.49. The Labute approximate surface area is 94.6 Å². The normalized spacial score (nSPS) is 10.1. The van der Waals surface area contributed by atoms with E-state index < -0.39 is 0 Å². The molecule has 0 aliphatic heterocycles. The highest BCUT2D eigenvalue weighted by molar-refractivity contribution is 6.31. The highest BCUT2D eigenvalue weighted by Gasteiger charge is 2.18. The van der Waals surface area contributed by atoms with Crippen LogP contribution in [0.2, 0.25) is 5.15 Å². The van der Waals surface area contributed by atoms with Crippen LogP contribution in [0.1, 0.15) is 30.1 Å². The second kappa shape index (κ2) is 5.71. The van der Waals surface area contributed by atoms with E-state index in [0.29, 0.717) is 17.3 Å². The van der Waals surface area contributed by atoms with Gasteiger partial charge in [-0.05, 0) is 24.1 Å². The molecule has 0 fully saturated rings. The lowest BCUT2D eigenvalue weighted by molar-refractivity contribution is -0.669. The van der Waals surface area contributed by atoms with Crippen LogP contribution in [0.25, 0.3) is 0 Å². The molecule has 0 saturated heterocycles. The van der Waals surface area contributed by atoms with Gasteiger partial charge in [0.1, 0.15) is 12.6 Å². The minimum atomic E-state index is -0.357. The Hall–Kier alpha value is -1.09. The number of aryl methyl sites for hydroxylation is 1. The van der Waals surface area contributed by atoms with Crippen molar-refractivity contribution in [3.63, 3.8) is 0 Å². The molecule has 0 bridgehead atoms. The van der Waals surface area contributed by atoms with Gasteiger partial charge in [0.2, 0.25) is 0 Å². The first-order chi connectivity index (χ1) is 7.16. The zero-order valence-electron chi connectivity index (χ0n) is 9.00. The van der Waals surface area contributed by atoms with E-state index in [2.05, 4.69) is 0 Å². The number of pyridine rings is 1. The number of carbonyl (C=O) groups is 1. The van der Waals surface area contributed by atoms with Gasteiger partial charge in [0, 0.05) is 6.07 Å². The third kappa shape index (κ3) is 3.20. The molecule has 0 radical (unpaired) electrons. The van der Waals surface area contributed by atoms with E-state index >= 15 is 0 Å². The molecule has 0 N–H and O–H groups in total. The van der Waals surface area contributed by atoms with Crippen molar-refractivity contribution >= 4 is 17.6 Å². The maximum atomic E-state index is 11.6. The third-order valence-electron chi connectivity index (χ3n) is 2.06. The molecular formula is C11H15ClNO2+. The maximum Gasteiger partial charge on any atom is 0.345 e. The van der Waals surface area contributed by atoms with E-state index in [4.69, 9.17) is 16.3 Å². The number of hydrogen-bond donors (Lipinski definition) is 0. The molecule has 4 heteroatoms. The summed E-state index contributed by atoms with van der Waals surface area (Å²) >= 11 is 5.96. The first-order valence-electron chi connectivity index (χ1n) is 4.98. The summed E-state index contributed by atoms with van der Waals surface area (Å²) in [5.41, 5.74) is 0.415. The van der Waals surface area contributed by atoms with Gasteiger partial charge in [0.15, 0.2) is 6.20 Å². The quantitative estimate of drug-likeness (QED) is 0.342. The molecule has 0 amide bonds. The molecule has 0 aliphatic carbocycles. The number of esters is 1. The summed E-state index contributed by atoms with van der Waals surface area (Å²) in [5, 5.41) is 0.402. The lowest BCUT2D eigenvalue weighted by atomic mass is 10.3. The second-order valence-electron chi connectivity index (χ2n) is 3.31. The van der Waals surface area contributed by atoms with Gasteiger partial charge >= 0.3 is 5.97 Å². The van der Waals surface area contributed by atoms with E-state index in [1.54, 1.807) is 29.9 Å². The second-order valence-corrected chi connectivity index (χ2v) is 3.67. The van der Waals surface area contributed by atoms with Crippen LogP contribution in [0.15, 0.2) is 18.3 Å². The molecule has 15 heavy (non-hydrogen) atoms. The number of unbranched alkanes of at least 4 members (excludes halogenated alkanes) is 1. The Morgan fingerprint density at radius 1 is 1.60 bits per heavy atom. The number of carbonyl (C=O) groups excluding carboxylic acids is 1. The number of rotatable bonds is 4. The number of nitrogens with zero attached hydrogens (tertiary/aromatic N) is 1. The van der Waals surface area contributed by atoms with Gasteiger partial charge in [-0.1, -0.05) is 13.3 Å². The van der Waals surface area contributed by atoms with Gasteiger partial charge in [-0.3, -0.25) is 0 Å². The summed E-state index contributed by atoms with van der Waals surface area (Å²) < 4.78 is 6.75. The smallest absolute Gasteiger partial charge is 0.345 e. The van der Waals surface area contributed by atoms with Gasteiger partial charge < -0.3 is 4.74 Å². The summed E-state index contributed by atoms with van der Waals surface area (Å²) in [6.07, 6.45) is 3.66. The summed E-state index contributed by atoms with van der Waals surface area (Å²) in [6, 6.07) is 3.43. The Morgan fingerprint density at radius 2 is 2.33 bits per heavy atom. The zero-order valence-corrected chi connectivity index (χ0v) is 9.75. The van der Waals surface area contributed by atoms with Gasteiger partial charge in [-0.25, -0.2) is 4.79 Å². The number of hydrogen-bond acceptors (Lipinski definition) is 2. The van der Waals surface area contributed by atoms with Crippen LogP contribution in [0, 0.1) is 0 Å². The zero-order chi connectivity index (χ0) is 11.3. The molecule has 82 valence electrons. The SMILES string of the molecule is CCCCOC(=O)c1ccc[n+](C)c1Cl. The largest absolute Gasteiger partial charge is 0.462 e. The van der Waals surface area contributed by atoms with Gasteiger partial charge in [0.05, 0.1) is 6.61 Å². The van der Waals surface area contributed by atoms with E-state index in [1.165, 1.54) is 0 Å². The van der Waals surface area contributed by atoms with Gasteiger partial charge in [-0.15, -0.1) is 0 Å². The van der Waals surface area contributed by atoms with Crippen molar-refractivity contribution in [1.29, 1.82) is 0 Å². The number of ether oxygens (including phenoxy) is 1. The minimum Gasteiger partial charge on any atom is -0.462 e. The Bertz CT molecular complexity index is 352. The highest BCUT2D eigenvalue weighted by atomic mass is 35.5. The van der Waals surface area contributed by atoms with Crippen LogP contribution in [-0.2, 0) is 11.8 Å². The van der Waals surface area contributed by atoms with Crippen LogP contribution in [0.3, 0.4) is 0 Å². The van der Waals surface area contributed by atoms with Crippen molar-refractivity contribution in [3.8, 4) is 0 Å². The first-order valence-corrected chi connectivity index (χ1v) is 5.36. The fourth-order valence-electron chi connectivity index (χ4n) is 1.13. The van der Waals surface area contributed by atoms with Crippen molar-refractivity contribution in [3.05, 3.63) is 29.0 Å². The lowest BCUT2D eigenvalue weighted by Gasteiger charge is -2.03. The molecule has 0 aliphatic rings. The van der Waals surface area contributed by atoms with E-state index in [-0.39, 0.29) is 5.97 Å². The Balaban J connectivity index is 2.69. The van der Waals surface area contributed by atoms with E-state index in [0.717, 1.165) is 12.8 Å². The monoisotopic (exact) mass is 228 g/mol. The molecule has 1 aromatic rings. The van der Waals surface area contributed by atoms with E-state index in [1.807, 2.05) is 6.92 Å². The molecule has 0 spiro atoms. The summed E-state index contributed by atoms with van der Waals surface area (Å²) in [5.74, 6) is -0.357. The highest BCUT2D eigenvalue weighted by Crippen LogP contribution is 2.11. The first kappa shape index (κ1) is 12.0. The molecule has 1 aromatic heterocycles. The Morgan fingerprint density at radius 3 is 3.00 bits per heavy atom. The Kier molecular flexibility index (Phi) is 4.56. The predicted molar refractivity (Wildman–Crippen MR) is 57.8 cm³/mol. The summed E-state index contributed by atoms with van der Waals surface area (Å²) in [4.78, 5) is 11.6. The van der Waals surface area contributed by atoms with E-state index in [9.17, 15) is 4.79 Å². The fourth-order valence-corrected chi connectivity index (χ4v) is 1.33. The molecule has 0 unspecified atom stereocenters. The fraction of sp³-hybridized carbons (Fsp3) is 0.455. The average molecular weight is 229 g/mol. The standard InChI is InChI=1S/C11H15ClNO2/c1-3-4-8-15-11(14)9-6-5-7-13(2)10(9)12/h5-7H,3-4,8H2,1-2H3/q+1. The van der Waals surface area contributed by atoms with Crippen LogP contribution in [0.5, 0.6) is 0 Å². The molecule has 1 rings (SSSR count). The van der Waals surface area contributed by atoms with Crippen LogP contribution < -0.4 is 4.57 Å². The maximum absolute atomic E-state index is 11.6. The summed E-state index contributed by atoms with van der Waals surface area (Å²) in [7, 11) is 1.78. The number of aromatic nitrogens is 1.